The van der Waals surface area contributed by atoms with Crippen molar-refractivity contribution < 1.29 is 4.79 Å². The van der Waals surface area contributed by atoms with E-state index in [9.17, 15) is 4.79 Å². The molecule has 6 nitrogen and oxygen atoms in total. The van der Waals surface area contributed by atoms with Gasteiger partial charge in [0.25, 0.3) is 5.91 Å². The summed E-state index contributed by atoms with van der Waals surface area (Å²) < 4.78 is 0. The average Bonchev–Trinajstić information content (AvgIpc) is 3.27. The molecule has 1 saturated heterocycles. The second kappa shape index (κ2) is 6.88. The van der Waals surface area contributed by atoms with E-state index in [4.69, 9.17) is 0 Å². The molecule has 26 heavy (non-hydrogen) atoms. The zero-order valence-corrected chi connectivity index (χ0v) is 15.1. The molecule has 0 aliphatic carbocycles. The molecule has 1 fully saturated rings. The van der Waals surface area contributed by atoms with Crippen molar-refractivity contribution in [2.45, 2.75) is 12.5 Å². The minimum Gasteiger partial charge on any atom is -0.341 e. The van der Waals surface area contributed by atoms with Crippen molar-refractivity contribution in [3.05, 3.63) is 60.0 Å². The van der Waals surface area contributed by atoms with Crippen molar-refractivity contribution in [3.63, 3.8) is 0 Å². The van der Waals surface area contributed by atoms with Gasteiger partial charge in [-0.1, -0.05) is 6.07 Å². The maximum Gasteiger partial charge on any atom is 0.253 e. The van der Waals surface area contributed by atoms with Crippen LogP contribution in [0.5, 0.6) is 0 Å². The lowest BCUT2D eigenvalue weighted by atomic mass is 9.94. The van der Waals surface area contributed by atoms with E-state index in [1.807, 2.05) is 42.4 Å². The number of nitrogens with one attached hydrogen (secondary N) is 1. The number of hydrogen-bond donors (Lipinski definition) is 1. The largest absolute Gasteiger partial charge is 0.341 e. The number of benzene rings is 1. The number of hydrogen-bond acceptors (Lipinski definition) is 4. The smallest absolute Gasteiger partial charge is 0.253 e. The predicted octanol–water partition coefficient (Wildman–Crippen LogP) is 2.72. The van der Waals surface area contributed by atoms with Gasteiger partial charge in [0.1, 0.15) is 0 Å². The first-order valence-electron chi connectivity index (χ1n) is 8.92. The molecule has 134 valence electrons. The molecule has 0 unspecified atom stereocenters. The number of aromatic nitrogens is 3. The van der Waals surface area contributed by atoms with Gasteiger partial charge in [-0.25, -0.2) is 0 Å². The molecule has 0 bridgehead atoms. The van der Waals surface area contributed by atoms with E-state index in [2.05, 4.69) is 33.2 Å². The summed E-state index contributed by atoms with van der Waals surface area (Å²) in [6.45, 7) is 1.76. The van der Waals surface area contributed by atoms with Crippen molar-refractivity contribution >= 4 is 16.8 Å². The summed E-state index contributed by atoms with van der Waals surface area (Å²) in [6, 6.07) is 10.1. The Labute approximate surface area is 152 Å². The fourth-order valence-electron chi connectivity index (χ4n) is 4.03. The zero-order valence-electron chi connectivity index (χ0n) is 15.1. The molecular formula is C20H23N5O. The van der Waals surface area contributed by atoms with Gasteiger partial charge in [0, 0.05) is 43.0 Å². The third kappa shape index (κ3) is 3.08. The van der Waals surface area contributed by atoms with Crippen LogP contribution in [-0.2, 0) is 0 Å². The van der Waals surface area contributed by atoms with E-state index in [1.54, 1.807) is 12.4 Å². The van der Waals surface area contributed by atoms with Crippen LogP contribution in [-0.4, -0.2) is 58.1 Å². The number of fused-ring (bicyclic) bond motifs is 1. The van der Waals surface area contributed by atoms with Gasteiger partial charge in [0.2, 0.25) is 0 Å². The molecule has 0 saturated carbocycles. The van der Waals surface area contributed by atoms with Crippen molar-refractivity contribution in [1.29, 1.82) is 0 Å². The van der Waals surface area contributed by atoms with Gasteiger partial charge < -0.3 is 4.90 Å². The summed E-state index contributed by atoms with van der Waals surface area (Å²) in [5.74, 6) is 0.448. The lowest BCUT2D eigenvalue weighted by Crippen LogP contribution is -2.34. The van der Waals surface area contributed by atoms with E-state index in [0.29, 0.717) is 17.5 Å². The summed E-state index contributed by atoms with van der Waals surface area (Å²) in [7, 11) is 4.03. The number of likely N-dealkylation sites (tertiary alicyclic amines) is 1. The molecule has 1 amide bonds. The van der Waals surface area contributed by atoms with Gasteiger partial charge in [0.05, 0.1) is 11.7 Å². The molecule has 3 heterocycles. The Morgan fingerprint density at radius 2 is 2.23 bits per heavy atom. The lowest BCUT2D eigenvalue weighted by Gasteiger charge is -2.28. The van der Waals surface area contributed by atoms with Crippen LogP contribution in [0.25, 0.3) is 10.9 Å². The number of H-pyrrole nitrogens is 1. The number of nitrogens with zero attached hydrogens (tertiary/aromatic N) is 4. The van der Waals surface area contributed by atoms with E-state index in [1.165, 1.54) is 5.56 Å². The molecule has 1 aromatic carbocycles. The summed E-state index contributed by atoms with van der Waals surface area (Å²) in [4.78, 5) is 21.4. The Morgan fingerprint density at radius 3 is 3.04 bits per heavy atom. The third-order valence-corrected chi connectivity index (χ3v) is 5.34. The lowest BCUT2D eigenvalue weighted by molar-refractivity contribution is 0.0761. The number of carbonyl (C=O) groups is 1. The van der Waals surface area contributed by atoms with E-state index in [-0.39, 0.29) is 5.91 Å². The summed E-state index contributed by atoms with van der Waals surface area (Å²) in [6.07, 6.45) is 6.56. The Hall–Kier alpha value is -2.73. The molecule has 0 spiro atoms. The fraction of sp³-hybridized carbons (Fsp3) is 0.350. The van der Waals surface area contributed by atoms with Crippen LogP contribution in [0.4, 0.5) is 0 Å². The van der Waals surface area contributed by atoms with Gasteiger partial charge >= 0.3 is 0 Å². The quantitative estimate of drug-likeness (QED) is 0.786. The number of rotatable bonds is 4. The summed E-state index contributed by atoms with van der Waals surface area (Å²) in [5.41, 5.74) is 2.86. The Balaban J connectivity index is 1.51. The highest BCUT2D eigenvalue weighted by Crippen LogP contribution is 2.36. The van der Waals surface area contributed by atoms with Crippen molar-refractivity contribution in [1.82, 2.24) is 25.0 Å². The van der Waals surface area contributed by atoms with Gasteiger partial charge in [-0.3, -0.25) is 19.8 Å². The van der Waals surface area contributed by atoms with Crippen LogP contribution in [0.3, 0.4) is 0 Å². The first-order chi connectivity index (χ1) is 12.6. The number of pyridine rings is 1. The Morgan fingerprint density at radius 1 is 1.35 bits per heavy atom. The van der Waals surface area contributed by atoms with E-state index >= 15 is 0 Å². The molecule has 2 aromatic heterocycles. The highest BCUT2D eigenvalue weighted by atomic mass is 16.2. The molecule has 0 radical (unpaired) electrons. The second-order valence-electron chi connectivity index (χ2n) is 7.12. The van der Waals surface area contributed by atoms with Crippen molar-refractivity contribution in [2.24, 2.45) is 5.92 Å². The normalized spacial score (nSPS) is 20.5. The molecule has 1 aliphatic heterocycles. The SMILES string of the molecule is CN(C[C@@H]1CCN(C)[C@H]1c1cccnc1)C(=O)c1ccc2[nH]ncc2c1. The van der Waals surface area contributed by atoms with Crippen LogP contribution in [0.2, 0.25) is 0 Å². The number of aromatic amines is 1. The highest BCUT2D eigenvalue weighted by Gasteiger charge is 2.34. The highest BCUT2D eigenvalue weighted by molar-refractivity contribution is 5.97. The van der Waals surface area contributed by atoms with E-state index in [0.717, 1.165) is 30.4 Å². The van der Waals surface area contributed by atoms with Crippen LogP contribution in [0, 0.1) is 5.92 Å². The van der Waals surface area contributed by atoms with E-state index < -0.39 is 0 Å². The predicted molar refractivity (Wildman–Crippen MR) is 101 cm³/mol. The molecular weight excluding hydrogens is 326 g/mol. The molecule has 2 atom stereocenters. The molecule has 1 N–H and O–H groups in total. The molecule has 3 aromatic rings. The number of amides is 1. The summed E-state index contributed by atoms with van der Waals surface area (Å²) >= 11 is 0. The minimum atomic E-state index is 0.0487. The van der Waals surface area contributed by atoms with Gasteiger partial charge in [-0.15, -0.1) is 0 Å². The van der Waals surface area contributed by atoms with Crippen LogP contribution < -0.4 is 0 Å². The number of carbonyl (C=O) groups excluding carboxylic acids is 1. The Bertz CT molecular complexity index is 907. The van der Waals surface area contributed by atoms with Crippen LogP contribution in [0.1, 0.15) is 28.4 Å². The minimum absolute atomic E-state index is 0.0487. The molecule has 6 heteroatoms. The molecule has 4 rings (SSSR count). The van der Waals surface area contributed by atoms with Crippen LogP contribution in [0.15, 0.2) is 48.9 Å². The first-order valence-corrected chi connectivity index (χ1v) is 8.92. The summed E-state index contributed by atoms with van der Waals surface area (Å²) in [5, 5.41) is 7.89. The van der Waals surface area contributed by atoms with Crippen molar-refractivity contribution in [2.75, 3.05) is 27.2 Å². The second-order valence-corrected chi connectivity index (χ2v) is 7.12. The maximum absolute atomic E-state index is 12.9. The Kier molecular flexibility index (Phi) is 4.42. The van der Waals surface area contributed by atoms with Crippen LogP contribution >= 0.6 is 0 Å². The zero-order chi connectivity index (χ0) is 18.1. The molecule has 1 aliphatic rings. The van der Waals surface area contributed by atoms with Gasteiger partial charge in [-0.05, 0) is 55.8 Å². The van der Waals surface area contributed by atoms with Gasteiger partial charge in [-0.2, -0.15) is 5.10 Å². The van der Waals surface area contributed by atoms with Crippen molar-refractivity contribution in [3.8, 4) is 0 Å². The topological polar surface area (TPSA) is 65.1 Å². The first kappa shape index (κ1) is 16.7. The third-order valence-electron chi connectivity index (χ3n) is 5.34. The monoisotopic (exact) mass is 349 g/mol. The van der Waals surface area contributed by atoms with Gasteiger partial charge in [0.15, 0.2) is 0 Å². The average molecular weight is 349 g/mol. The maximum atomic E-state index is 12.9. The standard InChI is InChI=1S/C20H23N5O/c1-24-9-7-16(19(24)15-4-3-8-21-11-15)13-25(2)20(26)14-5-6-18-17(10-14)12-22-23-18/h3-6,8,10-12,16,19H,7,9,13H2,1-2H3,(H,22,23)/t16-,19-/m0/s1. The fourth-order valence-corrected chi connectivity index (χ4v) is 4.03.